The van der Waals surface area contributed by atoms with E-state index in [1.807, 2.05) is 6.92 Å². The van der Waals surface area contributed by atoms with Gasteiger partial charge in [0.15, 0.2) is 0 Å². The summed E-state index contributed by atoms with van der Waals surface area (Å²) < 4.78 is 18.3. The molecular weight excluding hydrogens is 261 g/mol. The molecule has 1 aromatic carbocycles. The highest BCUT2D eigenvalue weighted by atomic mass is 19.1. The second-order valence-corrected chi connectivity index (χ2v) is 4.90. The van der Waals surface area contributed by atoms with E-state index in [-0.39, 0.29) is 0 Å². The minimum Gasteiger partial charge on any atom is -0.465 e. The summed E-state index contributed by atoms with van der Waals surface area (Å²) in [4.78, 5) is 23.9. The lowest BCUT2D eigenvalue weighted by Crippen LogP contribution is -2.30. The van der Waals surface area contributed by atoms with Gasteiger partial charge in [-0.1, -0.05) is 19.4 Å². The van der Waals surface area contributed by atoms with Crippen LogP contribution in [0.3, 0.4) is 0 Å². The van der Waals surface area contributed by atoms with Crippen LogP contribution in [0.1, 0.15) is 31.7 Å². The maximum absolute atomic E-state index is 13.2. The van der Waals surface area contributed by atoms with Gasteiger partial charge in [0.25, 0.3) is 0 Å². The minimum atomic E-state index is -0.817. The summed E-state index contributed by atoms with van der Waals surface area (Å²) in [6, 6.07) is 4.26. The van der Waals surface area contributed by atoms with Gasteiger partial charge in [-0.25, -0.2) is 4.39 Å². The molecule has 20 heavy (non-hydrogen) atoms. The molecule has 1 amide bonds. The average molecular weight is 279 g/mol. The SMILES string of the molecule is CCCCOC(=O)C1CCc2ccc(F)cc2NC1=O. The molecule has 0 saturated heterocycles. The maximum atomic E-state index is 13.2. The molecule has 0 saturated carbocycles. The van der Waals surface area contributed by atoms with Gasteiger partial charge >= 0.3 is 5.97 Å². The van der Waals surface area contributed by atoms with Crippen molar-refractivity contribution in [1.82, 2.24) is 0 Å². The average Bonchev–Trinajstić information content (AvgIpc) is 2.56. The molecule has 1 N–H and O–H groups in total. The van der Waals surface area contributed by atoms with Crippen LogP contribution in [0.15, 0.2) is 18.2 Å². The van der Waals surface area contributed by atoms with Gasteiger partial charge in [-0.15, -0.1) is 0 Å². The fourth-order valence-electron chi connectivity index (χ4n) is 2.18. The molecule has 0 spiro atoms. The second-order valence-electron chi connectivity index (χ2n) is 4.90. The molecule has 0 aromatic heterocycles. The van der Waals surface area contributed by atoms with Gasteiger partial charge in [-0.2, -0.15) is 0 Å². The predicted molar refractivity (Wildman–Crippen MR) is 72.7 cm³/mol. The van der Waals surface area contributed by atoms with Crippen molar-refractivity contribution in [2.24, 2.45) is 5.92 Å². The lowest BCUT2D eigenvalue weighted by Gasteiger charge is -2.12. The molecule has 0 fully saturated rings. The van der Waals surface area contributed by atoms with Crippen LogP contribution < -0.4 is 5.32 Å². The minimum absolute atomic E-state index is 0.334. The molecule has 0 bridgehead atoms. The summed E-state index contributed by atoms with van der Waals surface area (Å²) >= 11 is 0. The van der Waals surface area contributed by atoms with Gasteiger partial charge in [-0.05, 0) is 37.0 Å². The van der Waals surface area contributed by atoms with E-state index in [1.165, 1.54) is 12.1 Å². The Bertz CT molecular complexity index is 516. The highest BCUT2D eigenvalue weighted by Crippen LogP contribution is 2.26. The number of carbonyl (C=O) groups excluding carboxylic acids is 2. The number of hydrogen-bond acceptors (Lipinski definition) is 3. The number of ether oxygens (including phenoxy) is 1. The molecule has 1 unspecified atom stereocenters. The van der Waals surface area contributed by atoms with Gasteiger partial charge in [0, 0.05) is 5.69 Å². The third kappa shape index (κ3) is 3.35. The van der Waals surface area contributed by atoms with E-state index in [2.05, 4.69) is 5.32 Å². The Morgan fingerprint density at radius 2 is 2.30 bits per heavy atom. The highest BCUT2D eigenvalue weighted by molar-refractivity contribution is 6.05. The van der Waals surface area contributed by atoms with Crippen molar-refractivity contribution in [2.75, 3.05) is 11.9 Å². The normalized spacial score (nSPS) is 17.9. The van der Waals surface area contributed by atoms with Crippen LogP contribution in [0.5, 0.6) is 0 Å². The smallest absolute Gasteiger partial charge is 0.318 e. The van der Waals surface area contributed by atoms with Crippen molar-refractivity contribution in [3.63, 3.8) is 0 Å². The lowest BCUT2D eigenvalue weighted by atomic mass is 10.0. The fourth-order valence-corrected chi connectivity index (χ4v) is 2.18. The first-order valence-electron chi connectivity index (χ1n) is 6.87. The van der Waals surface area contributed by atoms with Crippen LogP contribution in [-0.4, -0.2) is 18.5 Å². The number of anilines is 1. The number of benzene rings is 1. The number of unbranched alkanes of at least 4 members (excludes halogenated alkanes) is 1. The number of hydrogen-bond donors (Lipinski definition) is 1. The molecule has 1 atom stereocenters. The van der Waals surface area contributed by atoms with Crippen LogP contribution in [0, 0.1) is 11.7 Å². The van der Waals surface area contributed by atoms with E-state index >= 15 is 0 Å². The number of esters is 1. The molecule has 1 aliphatic heterocycles. The molecule has 1 aliphatic rings. The number of fused-ring (bicyclic) bond motifs is 1. The van der Waals surface area contributed by atoms with Gasteiger partial charge in [0.2, 0.25) is 5.91 Å². The first-order chi connectivity index (χ1) is 9.61. The molecule has 0 aliphatic carbocycles. The molecule has 1 aromatic rings. The third-order valence-corrected chi connectivity index (χ3v) is 3.38. The van der Waals surface area contributed by atoms with E-state index < -0.39 is 23.6 Å². The van der Waals surface area contributed by atoms with E-state index in [0.29, 0.717) is 25.1 Å². The Kier molecular flexibility index (Phi) is 4.71. The lowest BCUT2D eigenvalue weighted by molar-refractivity contribution is -0.151. The van der Waals surface area contributed by atoms with Crippen molar-refractivity contribution < 1.29 is 18.7 Å². The number of aryl methyl sites for hydroxylation is 1. The predicted octanol–water partition coefficient (Wildman–Crippen LogP) is 2.67. The molecule has 1 heterocycles. The first-order valence-corrected chi connectivity index (χ1v) is 6.87. The zero-order valence-electron chi connectivity index (χ0n) is 11.4. The van der Waals surface area contributed by atoms with Gasteiger partial charge in [-0.3, -0.25) is 9.59 Å². The van der Waals surface area contributed by atoms with Crippen LogP contribution in [0.25, 0.3) is 0 Å². The van der Waals surface area contributed by atoms with Crippen molar-refractivity contribution in [3.05, 3.63) is 29.6 Å². The fraction of sp³-hybridized carbons (Fsp3) is 0.467. The number of carbonyl (C=O) groups is 2. The molecule has 5 heteroatoms. The summed E-state index contributed by atoms with van der Waals surface area (Å²) in [5, 5.41) is 2.60. The van der Waals surface area contributed by atoms with E-state index in [0.717, 1.165) is 18.4 Å². The van der Waals surface area contributed by atoms with E-state index in [4.69, 9.17) is 4.74 Å². The zero-order chi connectivity index (χ0) is 14.5. The molecular formula is C15H18FNO3. The zero-order valence-corrected chi connectivity index (χ0v) is 11.4. The van der Waals surface area contributed by atoms with Crippen LogP contribution in [-0.2, 0) is 20.7 Å². The summed E-state index contributed by atoms with van der Waals surface area (Å²) in [5.41, 5.74) is 1.28. The van der Waals surface area contributed by atoms with Crippen molar-refractivity contribution in [2.45, 2.75) is 32.6 Å². The number of amides is 1. The summed E-state index contributed by atoms with van der Waals surface area (Å²) in [7, 11) is 0. The first kappa shape index (κ1) is 14.5. The van der Waals surface area contributed by atoms with Crippen LogP contribution >= 0.6 is 0 Å². The third-order valence-electron chi connectivity index (χ3n) is 3.38. The number of halogens is 1. The quantitative estimate of drug-likeness (QED) is 0.524. The van der Waals surface area contributed by atoms with E-state index in [1.54, 1.807) is 6.07 Å². The Hall–Kier alpha value is -1.91. The van der Waals surface area contributed by atoms with Gasteiger partial charge < -0.3 is 10.1 Å². The Labute approximate surface area is 117 Å². The summed E-state index contributed by atoms with van der Waals surface area (Å²) in [5.74, 6) is -2.14. The maximum Gasteiger partial charge on any atom is 0.318 e. The summed E-state index contributed by atoms with van der Waals surface area (Å²) in [6.07, 6.45) is 2.64. The Balaban J connectivity index is 2.05. The van der Waals surface area contributed by atoms with Gasteiger partial charge in [0.1, 0.15) is 11.7 Å². The molecule has 108 valence electrons. The monoisotopic (exact) mass is 279 g/mol. The highest BCUT2D eigenvalue weighted by Gasteiger charge is 2.31. The van der Waals surface area contributed by atoms with Crippen LogP contribution in [0.4, 0.5) is 10.1 Å². The van der Waals surface area contributed by atoms with Crippen molar-refractivity contribution in [1.29, 1.82) is 0 Å². The van der Waals surface area contributed by atoms with Crippen LogP contribution in [0.2, 0.25) is 0 Å². The standard InChI is InChI=1S/C15H18FNO3/c1-2-3-8-20-15(19)12-7-5-10-4-6-11(16)9-13(10)17-14(12)18/h4,6,9,12H,2-3,5,7-8H2,1H3,(H,17,18). The summed E-state index contributed by atoms with van der Waals surface area (Å²) in [6.45, 7) is 2.33. The molecule has 2 rings (SSSR count). The van der Waals surface area contributed by atoms with E-state index in [9.17, 15) is 14.0 Å². The Morgan fingerprint density at radius 3 is 3.05 bits per heavy atom. The Morgan fingerprint density at radius 1 is 1.50 bits per heavy atom. The van der Waals surface area contributed by atoms with Gasteiger partial charge in [0.05, 0.1) is 6.61 Å². The van der Waals surface area contributed by atoms with Crippen molar-refractivity contribution >= 4 is 17.6 Å². The number of rotatable bonds is 4. The number of nitrogens with one attached hydrogen (secondary N) is 1. The largest absolute Gasteiger partial charge is 0.465 e. The van der Waals surface area contributed by atoms with Crippen molar-refractivity contribution in [3.8, 4) is 0 Å². The topological polar surface area (TPSA) is 55.4 Å². The molecule has 0 radical (unpaired) electrons. The second kappa shape index (κ2) is 6.50. The molecule has 4 nitrogen and oxygen atoms in total.